The Bertz CT molecular complexity index is 1310. The van der Waals surface area contributed by atoms with E-state index in [9.17, 15) is 4.39 Å². The standard InChI is InChI=1S/C27H26Cl2FN3O/c1-3-34-27-17(2)13-21(33-26(27)20-6-7-24(30)22(28)16-20)9-12-31-11-8-18-14-19-5-4-10-32-25(19)23(29)15-18/h4-7,10,13-16,31H,3,8-9,11-12H2,1-2H3. The van der Waals surface area contributed by atoms with Crippen molar-refractivity contribution in [2.45, 2.75) is 26.7 Å². The minimum Gasteiger partial charge on any atom is -0.491 e. The quantitative estimate of drug-likeness (QED) is 0.257. The van der Waals surface area contributed by atoms with E-state index in [0.29, 0.717) is 23.1 Å². The Balaban J connectivity index is 1.42. The molecule has 0 unspecified atom stereocenters. The molecule has 4 nitrogen and oxygen atoms in total. The highest BCUT2D eigenvalue weighted by molar-refractivity contribution is 6.35. The molecule has 0 aliphatic rings. The van der Waals surface area contributed by atoms with Crippen molar-refractivity contribution in [2.24, 2.45) is 0 Å². The molecule has 2 heterocycles. The zero-order valence-corrected chi connectivity index (χ0v) is 20.7. The molecule has 0 fully saturated rings. The van der Waals surface area contributed by atoms with Gasteiger partial charge in [-0.25, -0.2) is 9.37 Å². The molecular formula is C27H26Cl2FN3O. The first-order chi connectivity index (χ1) is 16.5. The lowest BCUT2D eigenvalue weighted by atomic mass is 10.1. The van der Waals surface area contributed by atoms with Crippen LogP contribution in [-0.4, -0.2) is 29.7 Å². The van der Waals surface area contributed by atoms with Gasteiger partial charge in [-0.05, 0) is 80.4 Å². The molecule has 2 aromatic carbocycles. The van der Waals surface area contributed by atoms with Crippen molar-refractivity contribution in [1.29, 1.82) is 0 Å². The molecule has 1 N–H and O–H groups in total. The average molecular weight is 498 g/mol. The number of hydrogen-bond acceptors (Lipinski definition) is 4. The molecule has 0 aliphatic heterocycles. The number of pyridine rings is 2. The summed E-state index contributed by atoms with van der Waals surface area (Å²) in [5.74, 6) is 0.244. The summed E-state index contributed by atoms with van der Waals surface area (Å²) in [5.41, 5.74) is 5.33. The van der Waals surface area contributed by atoms with Gasteiger partial charge in [0.05, 0.1) is 22.2 Å². The predicted molar refractivity (Wildman–Crippen MR) is 138 cm³/mol. The van der Waals surface area contributed by atoms with E-state index in [4.69, 9.17) is 32.9 Å². The van der Waals surface area contributed by atoms with Crippen molar-refractivity contribution in [3.05, 3.63) is 87.4 Å². The smallest absolute Gasteiger partial charge is 0.148 e. The maximum Gasteiger partial charge on any atom is 0.148 e. The molecule has 0 saturated heterocycles. The highest BCUT2D eigenvalue weighted by Crippen LogP contribution is 2.34. The number of benzene rings is 2. The van der Waals surface area contributed by atoms with E-state index in [0.717, 1.165) is 53.7 Å². The van der Waals surface area contributed by atoms with Crippen LogP contribution < -0.4 is 10.1 Å². The van der Waals surface area contributed by atoms with Crippen molar-refractivity contribution in [1.82, 2.24) is 15.3 Å². The fourth-order valence-corrected chi connectivity index (χ4v) is 4.43. The van der Waals surface area contributed by atoms with E-state index in [1.54, 1.807) is 18.3 Å². The minimum atomic E-state index is -0.454. The van der Waals surface area contributed by atoms with Gasteiger partial charge >= 0.3 is 0 Å². The summed E-state index contributed by atoms with van der Waals surface area (Å²) in [4.78, 5) is 9.16. The normalized spacial score (nSPS) is 11.2. The lowest BCUT2D eigenvalue weighted by Crippen LogP contribution is -2.20. The Labute approximate surface area is 209 Å². The van der Waals surface area contributed by atoms with Crippen LogP contribution in [0.3, 0.4) is 0 Å². The fraction of sp³-hybridized carbons (Fsp3) is 0.259. The first kappa shape index (κ1) is 24.4. The molecule has 0 aliphatic carbocycles. The molecule has 2 aromatic heterocycles. The summed E-state index contributed by atoms with van der Waals surface area (Å²) in [7, 11) is 0. The highest BCUT2D eigenvalue weighted by atomic mass is 35.5. The van der Waals surface area contributed by atoms with Crippen molar-refractivity contribution in [2.75, 3.05) is 19.7 Å². The zero-order valence-electron chi connectivity index (χ0n) is 19.2. The van der Waals surface area contributed by atoms with Crippen LogP contribution in [0.4, 0.5) is 4.39 Å². The highest BCUT2D eigenvalue weighted by Gasteiger charge is 2.15. The Kier molecular flexibility index (Phi) is 7.99. The molecule has 0 radical (unpaired) electrons. The fourth-order valence-electron chi connectivity index (χ4n) is 3.95. The molecule has 176 valence electrons. The van der Waals surface area contributed by atoms with Gasteiger partial charge < -0.3 is 10.1 Å². The summed E-state index contributed by atoms with van der Waals surface area (Å²) < 4.78 is 19.5. The van der Waals surface area contributed by atoms with Gasteiger partial charge in [-0.15, -0.1) is 0 Å². The molecule has 7 heteroatoms. The molecule has 0 amide bonds. The molecule has 4 aromatic rings. The second kappa shape index (κ2) is 11.1. The number of halogens is 3. The first-order valence-electron chi connectivity index (χ1n) is 11.3. The monoisotopic (exact) mass is 497 g/mol. The van der Waals surface area contributed by atoms with Crippen LogP contribution in [0.25, 0.3) is 22.2 Å². The SMILES string of the molecule is CCOc1c(C)cc(CCNCCc2cc(Cl)c3ncccc3c2)nc1-c1ccc(F)c(Cl)c1. The second-order valence-electron chi connectivity index (χ2n) is 8.07. The summed E-state index contributed by atoms with van der Waals surface area (Å²) in [6.45, 7) is 6.03. The second-order valence-corrected chi connectivity index (χ2v) is 8.89. The summed E-state index contributed by atoms with van der Waals surface area (Å²) in [6.07, 6.45) is 3.36. The number of aromatic nitrogens is 2. The summed E-state index contributed by atoms with van der Waals surface area (Å²) in [5, 5.41) is 5.28. The number of ether oxygens (including phenoxy) is 1. The maximum absolute atomic E-state index is 13.7. The minimum absolute atomic E-state index is 0.0658. The Morgan fingerprint density at radius 1 is 1.00 bits per heavy atom. The van der Waals surface area contributed by atoms with E-state index < -0.39 is 5.82 Å². The number of nitrogens with zero attached hydrogens (tertiary/aromatic N) is 2. The van der Waals surface area contributed by atoms with E-state index >= 15 is 0 Å². The predicted octanol–water partition coefficient (Wildman–Crippen LogP) is 6.82. The number of nitrogens with one attached hydrogen (secondary N) is 1. The van der Waals surface area contributed by atoms with Gasteiger partial charge in [-0.2, -0.15) is 0 Å². The first-order valence-corrected chi connectivity index (χ1v) is 12.0. The van der Waals surface area contributed by atoms with Crippen LogP contribution in [0.2, 0.25) is 10.0 Å². The molecule has 0 spiro atoms. The average Bonchev–Trinajstić information content (AvgIpc) is 2.82. The van der Waals surface area contributed by atoms with Crippen LogP contribution in [0, 0.1) is 12.7 Å². The van der Waals surface area contributed by atoms with Crippen molar-refractivity contribution < 1.29 is 9.13 Å². The Morgan fingerprint density at radius 2 is 1.82 bits per heavy atom. The van der Waals surface area contributed by atoms with Crippen LogP contribution in [-0.2, 0) is 12.8 Å². The summed E-state index contributed by atoms with van der Waals surface area (Å²) in [6, 6.07) is 14.7. The Morgan fingerprint density at radius 3 is 2.62 bits per heavy atom. The van der Waals surface area contributed by atoms with Gasteiger partial charge in [-0.1, -0.05) is 29.3 Å². The molecular weight excluding hydrogens is 472 g/mol. The third-order valence-corrected chi connectivity index (χ3v) is 6.14. The van der Waals surface area contributed by atoms with E-state index in [2.05, 4.69) is 16.4 Å². The lowest BCUT2D eigenvalue weighted by Gasteiger charge is -2.15. The zero-order chi connectivity index (χ0) is 24.1. The van der Waals surface area contributed by atoms with Crippen LogP contribution in [0.5, 0.6) is 5.75 Å². The number of rotatable bonds is 9. The van der Waals surface area contributed by atoms with Crippen LogP contribution in [0.1, 0.15) is 23.7 Å². The van der Waals surface area contributed by atoms with Gasteiger partial charge in [-0.3, -0.25) is 4.98 Å². The maximum atomic E-state index is 13.7. The van der Waals surface area contributed by atoms with Gasteiger partial charge in [0.1, 0.15) is 17.3 Å². The number of hydrogen-bond donors (Lipinski definition) is 1. The van der Waals surface area contributed by atoms with E-state index in [1.165, 1.54) is 11.6 Å². The van der Waals surface area contributed by atoms with Gasteiger partial charge in [0.2, 0.25) is 0 Å². The Hall–Kier alpha value is -2.73. The van der Waals surface area contributed by atoms with Gasteiger partial charge in [0.25, 0.3) is 0 Å². The largest absolute Gasteiger partial charge is 0.491 e. The molecule has 0 atom stereocenters. The van der Waals surface area contributed by atoms with Crippen molar-refractivity contribution in [3.63, 3.8) is 0 Å². The number of aryl methyl sites for hydroxylation is 1. The lowest BCUT2D eigenvalue weighted by molar-refractivity contribution is 0.338. The molecule has 34 heavy (non-hydrogen) atoms. The topological polar surface area (TPSA) is 47.0 Å². The summed E-state index contributed by atoms with van der Waals surface area (Å²) >= 11 is 12.4. The molecule has 0 bridgehead atoms. The van der Waals surface area contributed by atoms with Gasteiger partial charge in [0, 0.05) is 35.8 Å². The van der Waals surface area contributed by atoms with Crippen LogP contribution in [0.15, 0.2) is 54.7 Å². The van der Waals surface area contributed by atoms with Crippen LogP contribution >= 0.6 is 23.2 Å². The van der Waals surface area contributed by atoms with Crippen molar-refractivity contribution >= 4 is 34.1 Å². The third kappa shape index (κ3) is 5.66. The molecule has 0 saturated carbocycles. The van der Waals surface area contributed by atoms with Gasteiger partial charge in [0.15, 0.2) is 0 Å². The molecule has 4 rings (SSSR count). The third-order valence-electron chi connectivity index (χ3n) is 5.56. The van der Waals surface area contributed by atoms with Crippen molar-refractivity contribution in [3.8, 4) is 17.0 Å². The van der Waals surface area contributed by atoms with E-state index in [1.807, 2.05) is 38.1 Å². The number of fused-ring (bicyclic) bond motifs is 1. The van der Waals surface area contributed by atoms with E-state index in [-0.39, 0.29) is 5.02 Å².